The van der Waals surface area contributed by atoms with E-state index in [9.17, 15) is 19.5 Å². The Hall–Kier alpha value is -2.78. The number of hydrogen-bond acceptors (Lipinski definition) is 6. The first-order valence-corrected chi connectivity index (χ1v) is 9.79. The van der Waals surface area contributed by atoms with Gasteiger partial charge >= 0.3 is 0 Å². The van der Waals surface area contributed by atoms with Crippen LogP contribution in [0.4, 0.5) is 0 Å². The van der Waals surface area contributed by atoms with Crippen molar-refractivity contribution in [2.24, 2.45) is 5.73 Å². The molecule has 2 amide bonds. The molecule has 0 unspecified atom stereocenters. The van der Waals surface area contributed by atoms with Gasteiger partial charge in [0.1, 0.15) is 5.75 Å². The van der Waals surface area contributed by atoms with E-state index in [2.05, 4.69) is 10.3 Å². The normalized spacial score (nSPS) is 10.9. The summed E-state index contributed by atoms with van der Waals surface area (Å²) < 4.78 is 0.825. The number of carbonyl (C=O) groups excluding carboxylic acids is 2. The van der Waals surface area contributed by atoms with Gasteiger partial charge in [-0.2, -0.15) is 0 Å². The molecule has 2 heterocycles. The van der Waals surface area contributed by atoms with Gasteiger partial charge in [-0.3, -0.25) is 14.4 Å². The van der Waals surface area contributed by atoms with Crippen LogP contribution in [0.3, 0.4) is 0 Å². The number of pyridine rings is 1. The van der Waals surface area contributed by atoms with Gasteiger partial charge in [-0.1, -0.05) is 29.8 Å². The van der Waals surface area contributed by atoms with E-state index in [4.69, 9.17) is 5.73 Å². The number of thioether (sulfide) groups is 1. The van der Waals surface area contributed by atoms with Gasteiger partial charge in [-0.05, 0) is 12.5 Å². The van der Waals surface area contributed by atoms with Crippen LogP contribution in [0.25, 0.3) is 10.2 Å². The average molecular weight is 403 g/mol. The van der Waals surface area contributed by atoms with Crippen molar-refractivity contribution in [3.63, 3.8) is 0 Å². The maximum atomic E-state index is 12.1. The fraction of sp³-hybridized carbons (Fsp3) is 0.167. The maximum absolute atomic E-state index is 12.1. The van der Waals surface area contributed by atoms with E-state index in [-0.39, 0.29) is 28.5 Å². The van der Waals surface area contributed by atoms with Crippen LogP contribution < -0.4 is 16.6 Å². The minimum absolute atomic E-state index is 0.0734. The summed E-state index contributed by atoms with van der Waals surface area (Å²) in [7, 11) is 0. The Morgan fingerprint density at radius 1 is 1.30 bits per heavy atom. The predicted molar refractivity (Wildman–Crippen MR) is 106 cm³/mol. The first kappa shape index (κ1) is 19.0. The van der Waals surface area contributed by atoms with Crippen molar-refractivity contribution in [3.8, 4) is 5.75 Å². The number of aromatic amines is 1. The highest BCUT2D eigenvalue weighted by Crippen LogP contribution is 2.40. The molecule has 140 valence electrons. The monoisotopic (exact) mass is 403 g/mol. The third kappa shape index (κ3) is 4.32. The molecular formula is C18H17N3O4S2. The predicted octanol–water partition coefficient (Wildman–Crippen LogP) is 2.11. The third-order valence-corrected chi connectivity index (χ3v) is 6.30. The van der Waals surface area contributed by atoms with E-state index in [1.165, 1.54) is 0 Å². The average Bonchev–Trinajstić information content (AvgIpc) is 2.98. The van der Waals surface area contributed by atoms with Gasteiger partial charge in [0.15, 0.2) is 0 Å². The molecule has 0 spiro atoms. The number of H-pyrrole nitrogens is 1. The largest absolute Gasteiger partial charge is 0.506 e. The summed E-state index contributed by atoms with van der Waals surface area (Å²) in [6.45, 7) is 2.40. The van der Waals surface area contributed by atoms with Crippen LogP contribution in [0.1, 0.15) is 21.5 Å². The smallest absolute Gasteiger partial charge is 0.252 e. The Morgan fingerprint density at radius 3 is 2.67 bits per heavy atom. The van der Waals surface area contributed by atoms with Crippen molar-refractivity contribution in [1.29, 1.82) is 0 Å². The molecule has 0 aliphatic heterocycles. The maximum Gasteiger partial charge on any atom is 0.252 e. The molecule has 0 saturated heterocycles. The molecule has 0 aliphatic carbocycles. The fourth-order valence-electron chi connectivity index (χ4n) is 2.47. The van der Waals surface area contributed by atoms with Crippen molar-refractivity contribution < 1.29 is 14.7 Å². The molecule has 9 heteroatoms. The zero-order valence-corrected chi connectivity index (χ0v) is 16.0. The third-order valence-electron chi connectivity index (χ3n) is 3.82. The summed E-state index contributed by atoms with van der Waals surface area (Å²) in [4.78, 5) is 38.0. The Kier molecular flexibility index (Phi) is 5.52. The molecule has 2 aromatic heterocycles. The summed E-state index contributed by atoms with van der Waals surface area (Å²) in [6.07, 6.45) is 0. The standard InChI is InChI=1S/C18H17N3O4S2/c1-9-2-4-10(5-3-9)7-20-13(24)8-26-18-14(17(19)25)15-16(27-18)11(22)6-12(23)21-15/h2-6H,7-8H2,1H3,(H2,19,25)(H,20,24)(H2,21,22,23). The van der Waals surface area contributed by atoms with Crippen LogP contribution in [0.15, 0.2) is 39.3 Å². The highest BCUT2D eigenvalue weighted by Gasteiger charge is 2.21. The van der Waals surface area contributed by atoms with E-state index < -0.39 is 11.5 Å². The van der Waals surface area contributed by atoms with Gasteiger partial charge in [-0.15, -0.1) is 23.1 Å². The molecule has 0 saturated carbocycles. The van der Waals surface area contributed by atoms with E-state index in [0.717, 1.165) is 40.3 Å². The van der Waals surface area contributed by atoms with Crippen molar-refractivity contribution in [2.45, 2.75) is 17.7 Å². The zero-order chi connectivity index (χ0) is 19.6. The first-order valence-electron chi connectivity index (χ1n) is 7.99. The Morgan fingerprint density at radius 2 is 2.00 bits per heavy atom. The highest BCUT2D eigenvalue weighted by molar-refractivity contribution is 8.02. The fourth-order valence-corrected chi connectivity index (χ4v) is 4.76. The molecule has 1 aromatic carbocycles. The molecule has 5 N–H and O–H groups in total. The summed E-state index contributed by atoms with van der Waals surface area (Å²) in [5, 5.41) is 12.7. The number of thiophene rings is 1. The SMILES string of the molecule is Cc1ccc(CNC(=O)CSc2sc3c(O)cc(=O)[nH]c3c2C(N)=O)cc1. The van der Waals surface area contributed by atoms with Gasteiger partial charge in [-0.25, -0.2) is 0 Å². The summed E-state index contributed by atoms with van der Waals surface area (Å²) >= 11 is 2.24. The lowest BCUT2D eigenvalue weighted by Crippen LogP contribution is -2.24. The molecule has 27 heavy (non-hydrogen) atoms. The van der Waals surface area contributed by atoms with E-state index in [1.807, 2.05) is 31.2 Å². The molecular weight excluding hydrogens is 386 g/mol. The van der Waals surface area contributed by atoms with Gasteiger partial charge in [0.05, 0.1) is 25.7 Å². The van der Waals surface area contributed by atoms with Crippen molar-refractivity contribution >= 4 is 45.1 Å². The summed E-state index contributed by atoms with van der Waals surface area (Å²) in [5.74, 6) is -1.09. The van der Waals surface area contributed by atoms with Crippen LogP contribution in [0.5, 0.6) is 5.75 Å². The number of aryl methyl sites for hydroxylation is 1. The molecule has 0 fully saturated rings. The molecule has 0 bridgehead atoms. The topological polar surface area (TPSA) is 125 Å². The minimum atomic E-state index is -0.731. The molecule has 0 radical (unpaired) electrons. The Labute approximate surface area is 162 Å². The van der Waals surface area contributed by atoms with E-state index in [1.54, 1.807) is 0 Å². The summed E-state index contributed by atoms with van der Waals surface area (Å²) in [5.41, 5.74) is 7.33. The lowest BCUT2D eigenvalue weighted by atomic mass is 10.1. The number of carbonyl (C=O) groups is 2. The van der Waals surface area contributed by atoms with Crippen LogP contribution in [0.2, 0.25) is 0 Å². The number of aromatic hydroxyl groups is 1. The Bertz CT molecular complexity index is 1070. The minimum Gasteiger partial charge on any atom is -0.506 e. The number of primary amides is 1. The molecule has 7 nitrogen and oxygen atoms in total. The first-order chi connectivity index (χ1) is 12.8. The van der Waals surface area contributed by atoms with E-state index in [0.29, 0.717) is 15.5 Å². The van der Waals surface area contributed by atoms with Crippen LogP contribution >= 0.6 is 23.1 Å². The second kappa shape index (κ2) is 7.85. The van der Waals surface area contributed by atoms with Gasteiger partial charge in [0, 0.05) is 12.6 Å². The highest BCUT2D eigenvalue weighted by atomic mass is 32.2. The second-order valence-electron chi connectivity index (χ2n) is 5.90. The molecule has 0 aliphatic rings. The molecule has 0 atom stereocenters. The van der Waals surface area contributed by atoms with Crippen molar-refractivity contribution in [3.05, 3.63) is 57.4 Å². The lowest BCUT2D eigenvalue weighted by molar-refractivity contribution is -0.118. The number of hydrogen-bond donors (Lipinski definition) is 4. The summed E-state index contributed by atoms with van der Waals surface area (Å²) in [6, 6.07) is 8.87. The molecule has 3 rings (SSSR count). The van der Waals surface area contributed by atoms with Crippen molar-refractivity contribution in [1.82, 2.24) is 10.3 Å². The number of nitrogens with two attached hydrogens (primary N) is 1. The molecule has 3 aromatic rings. The number of amides is 2. The Balaban J connectivity index is 1.72. The number of rotatable bonds is 6. The van der Waals surface area contributed by atoms with Gasteiger partial charge < -0.3 is 21.1 Å². The van der Waals surface area contributed by atoms with E-state index >= 15 is 0 Å². The van der Waals surface area contributed by atoms with Gasteiger partial charge in [0.25, 0.3) is 11.5 Å². The zero-order valence-electron chi connectivity index (χ0n) is 14.4. The number of fused-ring (bicyclic) bond motifs is 1. The van der Waals surface area contributed by atoms with Crippen LogP contribution in [-0.2, 0) is 11.3 Å². The van der Waals surface area contributed by atoms with Crippen molar-refractivity contribution in [2.75, 3.05) is 5.75 Å². The van der Waals surface area contributed by atoms with Crippen LogP contribution in [-0.4, -0.2) is 27.7 Å². The second-order valence-corrected chi connectivity index (χ2v) is 8.17. The van der Waals surface area contributed by atoms with Crippen LogP contribution in [0, 0.1) is 6.92 Å². The number of nitrogens with one attached hydrogen (secondary N) is 2. The number of benzene rings is 1. The lowest BCUT2D eigenvalue weighted by Gasteiger charge is -2.05. The van der Waals surface area contributed by atoms with Gasteiger partial charge in [0.2, 0.25) is 5.91 Å². The quantitative estimate of drug-likeness (QED) is 0.469. The number of aromatic nitrogens is 1.